The Hall–Kier alpha value is -2.15. The Morgan fingerprint density at radius 1 is 1.18 bits per heavy atom. The standard InChI is InChI=1S/C15H17NO5S/c1-5-20-14(18)11-10(12(17)15(19)21-6-2)13-9(16(11)4)7-8(3)22-13/h7H,5-6H2,1-4H3. The zero-order chi connectivity index (χ0) is 16.4. The third-order valence-corrected chi connectivity index (χ3v) is 4.21. The van der Waals surface area contributed by atoms with Crippen molar-refractivity contribution >= 4 is 39.3 Å². The highest BCUT2D eigenvalue weighted by atomic mass is 32.1. The monoisotopic (exact) mass is 323 g/mol. The highest BCUT2D eigenvalue weighted by Gasteiger charge is 2.32. The van der Waals surface area contributed by atoms with Gasteiger partial charge in [-0.3, -0.25) is 4.79 Å². The van der Waals surface area contributed by atoms with E-state index < -0.39 is 17.7 Å². The fourth-order valence-electron chi connectivity index (χ4n) is 2.27. The number of rotatable bonds is 5. The van der Waals surface area contributed by atoms with Crippen molar-refractivity contribution in [2.75, 3.05) is 13.2 Å². The lowest BCUT2D eigenvalue weighted by atomic mass is 10.1. The quantitative estimate of drug-likeness (QED) is 0.480. The molecule has 0 aliphatic carbocycles. The topological polar surface area (TPSA) is 74.6 Å². The van der Waals surface area contributed by atoms with Crippen LogP contribution in [0.25, 0.3) is 10.2 Å². The third kappa shape index (κ3) is 2.64. The van der Waals surface area contributed by atoms with Crippen LogP contribution in [0.3, 0.4) is 0 Å². The van der Waals surface area contributed by atoms with Crippen molar-refractivity contribution < 1.29 is 23.9 Å². The molecule has 7 heteroatoms. The molecule has 0 aliphatic rings. The largest absolute Gasteiger partial charge is 0.461 e. The summed E-state index contributed by atoms with van der Waals surface area (Å²) in [7, 11) is 1.67. The maximum absolute atomic E-state index is 12.4. The second-order valence-corrected chi connectivity index (χ2v) is 5.88. The van der Waals surface area contributed by atoms with Crippen LogP contribution in [-0.4, -0.2) is 35.5 Å². The van der Waals surface area contributed by atoms with Gasteiger partial charge in [0.1, 0.15) is 5.69 Å². The van der Waals surface area contributed by atoms with E-state index in [0.717, 1.165) is 10.4 Å². The van der Waals surface area contributed by atoms with Crippen LogP contribution in [0.1, 0.15) is 39.6 Å². The van der Waals surface area contributed by atoms with E-state index in [-0.39, 0.29) is 24.5 Å². The molecule has 0 fully saturated rings. The molecule has 2 heterocycles. The highest BCUT2D eigenvalue weighted by Crippen LogP contribution is 2.33. The van der Waals surface area contributed by atoms with Crippen LogP contribution in [0.2, 0.25) is 0 Å². The molecule has 0 amide bonds. The molecule has 0 bridgehead atoms. The van der Waals surface area contributed by atoms with Crippen molar-refractivity contribution in [1.82, 2.24) is 4.57 Å². The predicted octanol–water partition coefficient (Wildman–Crippen LogP) is 2.47. The van der Waals surface area contributed by atoms with Crippen LogP contribution in [0.4, 0.5) is 0 Å². The number of esters is 2. The number of aryl methyl sites for hydroxylation is 2. The minimum atomic E-state index is -0.966. The normalized spacial score (nSPS) is 10.7. The van der Waals surface area contributed by atoms with E-state index in [0.29, 0.717) is 4.70 Å². The summed E-state index contributed by atoms with van der Waals surface area (Å²) in [5, 5.41) is 0. The number of hydrogen-bond acceptors (Lipinski definition) is 6. The number of hydrogen-bond donors (Lipinski definition) is 0. The maximum Gasteiger partial charge on any atom is 0.379 e. The molecule has 0 aromatic carbocycles. The van der Waals surface area contributed by atoms with E-state index in [1.807, 2.05) is 13.0 Å². The Bertz CT molecular complexity index is 756. The first-order valence-corrected chi connectivity index (χ1v) is 7.71. The molecular formula is C15H17NO5S. The van der Waals surface area contributed by atoms with Gasteiger partial charge in [-0.25, -0.2) is 9.59 Å². The van der Waals surface area contributed by atoms with E-state index >= 15 is 0 Å². The van der Waals surface area contributed by atoms with Gasteiger partial charge in [0, 0.05) is 11.9 Å². The molecule has 0 saturated carbocycles. The smallest absolute Gasteiger partial charge is 0.379 e. The minimum absolute atomic E-state index is 0.0625. The van der Waals surface area contributed by atoms with Gasteiger partial charge < -0.3 is 14.0 Å². The second-order valence-electron chi connectivity index (χ2n) is 4.62. The highest BCUT2D eigenvalue weighted by molar-refractivity contribution is 7.19. The molecule has 0 saturated heterocycles. The van der Waals surface area contributed by atoms with Crippen molar-refractivity contribution in [1.29, 1.82) is 0 Å². The van der Waals surface area contributed by atoms with Gasteiger partial charge in [0.05, 0.1) is 29.0 Å². The first-order valence-electron chi connectivity index (χ1n) is 6.89. The molecule has 118 valence electrons. The molecule has 2 aromatic rings. The van der Waals surface area contributed by atoms with Crippen LogP contribution in [0.5, 0.6) is 0 Å². The number of Topliss-reactive ketones (excluding diaryl/α,β-unsaturated/α-hetero) is 1. The molecule has 0 unspecified atom stereocenters. The fourth-order valence-corrected chi connectivity index (χ4v) is 3.36. The molecule has 2 aromatic heterocycles. The maximum atomic E-state index is 12.4. The van der Waals surface area contributed by atoms with Crippen LogP contribution in [0.15, 0.2) is 6.07 Å². The Morgan fingerprint density at radius 3 is 2.41 bits per heavy atom. The lowest BCUT2D eigenvalue weighted by Gasteiger charge is -2.06. The first-order chi connectivity index (χ1) is 10.4. The Kier molecular flexibility index (Phi) is 4.65. The number of ketones is 1. The molecule has 0 atom stereocenters. The summed E-state index contributed by atoms with van der Waals surface area (Å²) in [5.74, 6) is -2.41. The SMILES string of the molecule is CCOC(=O)C(=O)c1c(C(=O)OCC)n(C)c2cc(C)sc12. The Morgan fingerprint density at radius 2 is 1.82 bits per heavy atom. The number of nitrogens with zero attached hydrogens (tertiary/aromatic N) is 1. The van der Waals surface area contributed by atoms with Crippen molar-refractivity contribution in [3.05, 3.63) is 22.2 Å². The molecule has 0 N–H and O–H groups in total. The molecule has 0 aliphatic heterocycles. The number of carbonyl (C=O) groups is 3. The van der Waals surface area contributed by atoms with Gasteiger partial charge in [-0.05, 0) is 26.8 Å². The summed E-state index contributed by atoms with van der Waals surface area (Å²) >= 11 is 1.36. The average molecular weight is 323 g/mol. The zero-order valence-electron chi connectivity index (χ0n) is 12.9. The summed E-state index contributed by atoms with van der Waals surface area (Å²) in [4.78, 5) is 37.4. The fraction of sp³-hybridized carbons (Fsp3) is 0.400. The second kappa shape index (κ2) is 6.31. The number of ether oxygens (including phenoxy) is 2. The summed E-state index contributed by atoms with van der Waals surface area (Å²) in [6, 6.07) is 1.87. The number of fused-ring (bicyclic) bond motifs is 1. The van der Waals surface area contributed by atoms with Gasteiger partial charge >= 0.3 is 11.9 Å². The van der Waals surface area contributed by atoms with Crippen LogP contribution in [-0.2, 0) is 21.3 Å². The van der Waals surface area contributed by atoms with Gasteiger partial charge in [-0.1, -0.05) is 0 Å². The first kappa shape index (κ1) is 16.2. The van der Waals surface area contributed by atoms with E-state index in [9.17, 15) is 14.4 Å². The van der Waals surface area contributed by atoms with Crippen molar-refractivity contribution in [2.45, 2.75) is 20.8 Å². The van der Waals surface area contributed by atoms with E-state index in [4.69, 9.17) is 9.47 Å². The lowest BCUT2D eigenvalue weighted by molar-refractivity contribution is -0.137. The Balaban J connectivity index is 2.67. The Labute approximate surface area is 131 Å². The zero-order valence-corrected chi connectivity index (χ0v) is 13.7. The van der Waals surface area contributed by atoms with Gasteiger partial charge in [0.2, 0.25) is 0 Å². The third-order valence-electron chi connectivity index (χ3n) is 3.15. The molecule has 0 spiro atoms. The molecule has 2 rings (SSSR count). The average Bonchev–Trinajstić information content (AvgIpc) is 2.95. The van der Waals surface area contributed by atoms with Crippen LogP contribution < -0.4 is 0 Å². The molecule has 22 heavy (non-hydrogen) atoms. The minimum Gasteiger partial charge on any atom is -0.461 e. The van der Waals surface area contributed by atoms with Crippen molar-refractivity contribution in [3.63, 3.8) is 0 Å². The van der Waals surface area contributed by atoms with Crippen LogP contribution >= 0.6 is 11.3 Å². The summed E-state index contributed by atoms with van der Waals surface area (Å²) in [6.45, 7) is 5.48. The molecular weight excluding hydrogens is 306 g/mol. The summed E-state index contributed by atoms with van der Waals surface area (Å²) < 4.78 is 12.0. The van der Waals surface area contributed by atoms with Crippen molar-refractivity contribution in [3.8, 4) is 0 Å². The lowest BCUT2D eigenvalue weighted by Crippen LogP contribution is -2.21. The number of thiophene rings is 1. The van der Waals surface area contributed by atoms with E-state index in [1.165, 1.54) is 11.3 Å². The van der Waals surface area contributed by atoms with E-state index in [2.05, 4.69) is 0 Å². The van der Waals surface area contributed by atoms with Crippen molar-refractivity contribution in [2.24, 2.45) is 7.05 Å². The van der Waals surface area contributed by atoms with Gasteiger partial charge in [-0.15, -0.1) is 11.3 Å². The molecule has 0 radical (unpaired) electrons. The summed E-state index contributed by atoms with van der Waals surface area (Å²) in [5.41, 5.74) is 0.867. The van der Waals surface area contributed by atoms with E-state index in [1.54, 1.807) is 25.5 Å². The number of aromatic nitrogens is 1. The van der Waals surface area contributed by atoms with Crippen LogP contribution in [0, 0.1) is 6.92 Å². The van der Waals surface area contributed by atoms with Gasteiger partial charge in [0.25, 0.3) is 5.78 Å². The number of carbonyl (C=O) groups excluding carboxylic acids is 3. The van der Waals surface area contributed by atoms with Gasteiger partial charge in [-0.2, -0.15) is 0 Å². The van der Waals surface area contributed by atoms with Gasteiger partial charge in [0.15, 0.2) is 0 Å². The molecule has 6 nitrogen and oxygen atoms in total. The summed E-state index contributed by atoms with van der Waals surface area (Å²) in [6.07, 6.45) is 0. The predicted molar refractivity (Wildman–Crippen MR) is 82.5 cm³/mol.